The highest BCUT2D eigenvalue weighted by Crippen LogP contribution is 2.49. The maximum atomic E-state index is 3.85. The molecule has 2 N–H and O–H groups in total. The Morgan fingerprint density at radius 1 is 1.12 bits per heavy atom. The van der Waals surface area contributed by atoms with Crippen molar-refractivity contribution in [3.05, 3.63) is 0 Å². The van der Waals surface area contributed by atoms with Gasteiger partial charge in [0.1, 0.15) is 0 Å². The molecule has 0 amide bonds. The van der Waals surface area contributed by atoms with Gasteiger partial charge in [0.15, 0.2) is 0 Å². The second-order valence-corrected chi connectivity index (χ2v) is 6.73. The molecule has 1 aliphatic heterocycles. The minimum absolute atomic E-state index is 0.764. The number of hydrogen-bond acceptors (Lipinski definition) is 2. The van der Waals surface area contributed by atoms with Crippen molar-refractivity contribution in [1.82, 2.24) is 10.6 Å². The smallest absolute Gasteiger partial charge is 0.00698 e. The monoisotopic (exact) mass is 236 g/mol. The second kappa shape index (κ2) is 5.27. The molecule has 1 saturated heterocycles. The van der Waals surface area contributed by atoms with Crippen molar-refractivity contribution in [1.29, 1.82) is 0 Å². The van der Waals surface area contributed by atoms with Gasteiger partial charge in [0.2, 0.25) is 0 Å². The van der Waals surface area contributed by atoms with Gasteiger partial charge >= 0.3 is 0 Å². The van der Waals surface area contributed by atoms with Crippen molar-refractivity contribution in [3.63, 3.8) is 0 Å². The first kappa shape index (κ1) is 12.0. The number of hydrogen-bond donors (Lipinski definition) is 2. The fraction of sp³-hybridized carbons (Fsp3) is 1.00. The Kier molecular flexibility index (Phi) is 3.72. The van der Waals surface area contributed by atoms with Gasteiger partial charge in [0.05, 0.1) is 0 Å². The van der Waals surface area contributed by atoms with Crippen LogP contribution < -0.4 is 10.6 Å². The molecule has 2 saturated carbocycles. The third-order valence-corrected chi connectivity index (χ3v) is 5.62. The van der Waals surface area contributed by atoms with E-state index in [2.05, 4.69) is 17.6 Å². The third kappa shape index (κ3) is 2.68. The fourth-order valence-electron chi connectivity index (χ4n) is 4.50. The van der Waals surface area contributed by atoms with Crippen molar-refractivity contribution in [2.75, 3.05) is 19.6 Å². The van der Waals surface area contributed by atoms with E-state index in [-0.39, 0.29) is 0 Å². The van der Waals surface area contributed by atoms with E-state index < -0.39 is 0 Å². The van der Waals surface area contributed by atoms with E-state index >= 15 is 0 Å². The molecule has 1 heterocycles. The molecular formula is C15H28N2. The maximum Gasteiger partial charge on any atom is 0.00698 e. The van der Waals surface area contributed by atoms with Crippen LogP contribution in [0.5, 0.6) is 0 Å². The summed E-state index contributed by atoms with van der Waals surface area (Å²) in [6.45, 7) is 6.16. The van der Waals surface area contributed by atoms with Crippen molar-refractivity contribution >= 4 is 0 Å². The molecule has 0 aromatic rings. The van der Waals surface area contributed by atoms with E-state index in [4.69, 9.17) is 0 Å². The quantitative estimate of drug-likeness (QED) is 0.783. The van der Waals surface area contributed by atoms with Crippen LogP contribution >= 0.6 is 0 Å². The number of fused-ring (bicyclic) bond motifs is 2. The summed E-state index contributed by atoms with van der Waals surface area (Å²) >= 11 is 0. The Bertz CT molecular complexity index is 247. The molecule has 0 spiro atoms. The number of rotatable bonds is 4. The largest absolute Gasteiger partial charge is 0.317 e. The first-order chi connectivity index (χ1) is 8.33. The van der Waals surface area contributed by atoms with Crippen LogP contribution in [0, 0.1) is 23.7 Å². The van der Waals surface area contributed by atoms with Crippen LogP contribution in [0.3, 0.4) is 0 Å². The first-order valence-electron chi connectivity index (χ1n) is 7.77. The predicted molar refractivity (Wildman–Crippen MR) is 72.0 cm³/mol. The molecule has 2 bridgehead atoms. The molecule has 0 aromatic carbocycles. The lowest BCUT2D eigenvalue weighted by Gasteiger charge is -2.31. The SMILES string of the molecule is CC(NCC1CCNCC1)C1CC2CCC1C2. The van der Waals surface area contributed by atoms with Crippen LogP contribution in [-0.4, -0.2) is 25.7 Å². The van der Waals surface area contributed by atoms with Gasteiger partial charge in [-0.25, -0.2) is 0 Å². The zero-order valence-corrected chi connectivity index (χ0v) is 11.3. The molecule has 2 aliphatic carbocycles. The van der Waals surface area contributed by atoms with E-state index in [0.29, 0.717) is 0 Å². The summed E-state index contributed by atoms with van der Waals surface area (Å²) < 4.78 is 0. The molecule has 3 aliphatic rings. The molecule has 2 heteroatoms. The molecular weight excluding hydrogens is 208 g/mol. The molecule has 3 fully saturated rings. The molecule has 0 aromatic heterocycles. The number of piperidine rings is 1. The summed E-state index contributed by atoms with van der Waals surface area (Å²) in [6, 6.07) is 0.764. The normalized spacial score (nSPS) is 39.7. The van der Waals surface area contributed by atoms with E-state index in [9.17, 15) is 0 Å². The average molecular weight is 236 g/mol. The minimum atomic E-state index is 0.764. The summed E-state index contributed by atoms with van der Waals surface area (Å²) in [5, 5.41) is 7.30. The van der Waals surface area contributed by atoms with Crippen LogP contribution in [0.2, 0.25) is 0 Å². The van der Waals surface area contributed by atoms with Gasteiger partial charge in [0, 0.05) is 6.04 Å². The highest BCUT2D eigenvalue weighted by molar-refractivity contribution is 4.94. The number of nitrogens with one attached hydrogen (secondary N) is 2. The van der Waals surface area contributed by atoms with Crippen molar-refractivity contribution in [3.8, 4) is 0 Å². The Labute approximate surface area is 106 Å². The summed E-state index contributed by atoms with van der Waals surface area (Å²) in [7, 11) is 0. The van der Waals surface area contributed by atoms with Gasteiger partial charge in [-0.3, -0.25) is 0 Å². The zero-order valence-electron chi connectivity index (χ0n) is 11.3. The van der Waals surface area contributed by atoms with Crippen molar-refractivity contribution in [2.45, 2.75) is 51.5 Å². The standard InChI is InChI=1S/C15H28N2/c1-11(15-9-13-2-3-14(15)8-13)17-10-12-4-6-16-7-5-12/h11-17H,2-10H2,1H3. The Balaban J connectivity index is 1.42. The van der Waals surface area contributed by atoms with Gasteiger partial charge in [-0.2, -0.15) is 0 Å². The average Bonchev–Trinajstić information content (AvgIpc) is 2.99. The second-order valence-electron chi connectivity index (χ2n) is 6.73. The van der Waals surface area contributed by atoms with E-state index in [0.717, 1.165) is 29.7 Å². The first-order valence-corrected chi connectivity index (χ1v) is 7.77. The molecule has 2 nitrogen and oxygen atoms in total. The Morgan fingerprint density at radius 2 is 1.94 bits per heavy atom. The van der Waals surface area contributed by atoms with Crippen LogP contribution in [0.15, 0.2) is 0 Å². The fourth-order valence-corrected chi connectivity index (χ4v) is 4.50. The lowest BCUT2D eigenvalue weighted by atomic mass is 9.83. The lowest BCUT2D eigenvalue weighted by molar-refractivity contribution is 0.243. The van der Waals surface area contributed by atoms with Crippen molar-refractivity contribution in [2.24, 2.45) is 23.7 Å². The zero-order chi connectivity index (χ0) is 11.7. The van der Waals surface area contributed by atoms with Gasteiger partial charge < -0.3 is 10.6 Å². The van der Waals surface area contributed by atoms with Gasteiger partial charge in [-0.1, -0.05) is 6.42 Å². The van der Waals surface area contributed by atoms with Gasteiger partial charge in [-0.05, 0) is 82.3 Å². The van der Waals surface area contributed by atoms with Crippen LogP contribution in [0.1, 0.15) is 45.4 Å². The Morgan fingerprint density at radius 3 is 2.59 bits per heavy atom. The summed E-state index contributed by atoms with van der Waals surface area (Å²) in [4.78, 5) is 0. The maximum absolute atomic E-state index is 3.85. The topological polar surface area (TPSA) is 24.1 Å². The van der Waals surface area contributed by atoms with Crippen molar-refractivity contribution < 1.29 is 0 Å². The minimum Gasteiger partial charge on any atom is -0.317 e. The van der Waals surface area contributed by atoms with Gasteiger partial charge in [-0.15, -0.1) is 0 Å². The highest BCUT2D eigenvalue weighted by Gasteiger charge is 2.41. The van der Waals surface area contributed by atoms with Crippen LogP contribution in [0.25, 0.3) is 0 Å². The molecule has 3 rings (SSSR count). The third-order valence-electron chi connectivity index (χ3n) is 5.62. The van der Waals surface area contributed by atoms with Crippen LogP contribution in [-0.2, 0) is 0 Å². The molecule has 0 radical (unpaired) electrons. The van der Waals surface area contributed by atoms with E-state index in [1.807, 2.05) is 0 Å². The summed E-state index contributed by atoms with van der Waals surface area (Å²) in [6.07, 6.45) is 8.86. The van der Waals surface area contributed by atoms with Gasteiger partial charge in [0.25, 0.3) is 0 Å². The van der Waals surface area contributed by atoms with E-state index in [1.54, 1.807) is 6.42 Å². The summed E-state index contributed by atoms with van der Waals surface area (Å²) in [5.41, 5.74) is 0. The molecule has 4 atom stereocenters. The summed E-state index contributed by atoms with van der Waals surface area (Å²) in [5.74, 6) is 4.08. The lowest BCUT2D eigenvalue weighted by Crippen LogP contribution is -2.41. The molecule has 17 heavy (non-hydrogen) atoms. The van der Waals surface area contributed by atoms with E-state index in [1.165, 1.54) is 51.7 Å². The molecule has 4 unspecified atom stereocenters. The molecule has 98 valence electrons. The van der Waals surface area contributed by atoms with Crippen LogP contribution in [0.4, 0.5) is 0 Å². The predicted octanol–water partition coefficient (Wildman–Crippen LogP) is 2.40. The Hall–Kier alpha value is -0.0800. The highest BCUT2D eigenvalue weighted by atomic mass is 14.9.